The van der Waals surface area contributed by atoms with Crippen molar-refractivity contribution in [2.45, 2.75) is 25.8 Å². The molecule has 0 radical (unpaired) electrons. The molecule has 0 aliphatic carbocycles. The van der Waals surface area contributed by atoms with Crippen LogP contribution in [-0.2, 0) is 9.53 Å². The fourth-order valence-corrected chi connectivity index (χ4v) is 1.13. The van der Waals surface area contributed by atoms with Gasteiger partial charge < -0.3 is 9.64 Å². The Morgan fingerprint density at radius 1 is 1.62 bits per heavy atom. The number of hydrogen-bond acceptors (Lipinski definition) is 2. The Morgan fingerprint density at radius 2 is 2.23 bits per heavy atom. The number of amides is 1. The van der Waals surface area contributed by atoms with E-state index in [9.17, 15) is 4.79 Å². The molecule has 0 spiro atoms. The first-order chi connectivity index (χ1) is 6.13. The Bertz CT molecular complexity index is 153. The summed E-state index contributed by atoms with van der Waals surface area (Å²) in [6.45, 7) is 2.53. The van der Waals surface area contributed by atoms with Crippen LogP contribution in [0.2, 0.25) is 0 Å². The number of methoxy groups -OCH3 is 1. The number of alkyl halides is 1. The van der Waals surface area contributed by atoms with Crippen LogP contribution in [-0.4, -0.2) is 43.5 Å². The molecule has 0 aromatic heterocycles. The van der Waals surface area contributed by atoms with Crippen molar-refractivity contribution in [3.63, 3.8) is 0 Å². The Labute approximate surface area is 85.0 Å². The Morgan fingerprint density at radius 3 is 2.69 bits per heavy atom. The molecule has 1 atom stereocenters. The highest BCUT2D eigenvalue weighted by Crippen LogP contribution is 2.02. The number of halogens is 1. The molecule has 0 rings (SSSR count). The lowest BCUT2D eigenvalue weighted by molar-refractivity contribution is -0.132. The number of rotatable bonds is 6. The summed E-state index contributed by atoms with van der Waals surface area (Å²) in [6, 6.07) is 0.132. The van der Waals surface area contributed by atoms with Gasteiger partial charge in [0.1, 0.15) is 0 Å². The number of likely N-dealkylation sites (N-methyl/N-ethyl adjacent to an activating group) is 1. The average molecular weight is 208 g/mol. The highest BCUT2D eigenvalue weighted by molar-refractivity contribution is 6.17. The van der Waals surface area contributed by atoms with E-state index in [0.29, 0.717) is 18.9 Å². The molecule has 1 unspecified atom stereocenters. The minimum absolute atomic E-state index is 0.130. The second-order valence-corrected chi connectivity index (χ2v) is 3.48. The summed E-state index contributed by atoms with van der Waals surface area (Å²) in [4.78, 5) is 13.1. The lowest BCUT2D eigenvalue weighted by atomic mass is 10.2. The second kappa shape index (κ2) is 7.15. The predicted octanol–water partition coefficient (Wildman–Crippen LogP) is 1.50. The normalized spacial score (nSPS) is 12.6. The van der Waals surface area contributed by atoms with Crippen LogP contribution < -0.4 is 0 Å². The highest BCUT2D eigenvalue weighted by Gasteiger charge is 2.14. The molecular weight excluding hydrogens is 190 g/mol. The molecule has 0 fully saturated rings. The van der Waals surface area contributed by atoms with Crippen molar-refractivity contribution in [1.82, 2.24) is 4.90 Å². The molecule has 3 nitrogen and oxygen atoms in total. The molecule has 0 aliphatic rings. The molecule has 4 heteroatoms. The molecular formula is C9H18ClNO2. The van der Waals surface area contributed by atoms with Crippen LogP contribution >= 0.6 is 11.6 Å². The topological polar surface area (TPSA) is 29.5 Å². The second-order valence-electron chi connectivity index (χ2n) is 3.10. The van der Waals surface area contributed by atoms with E-state index in [-0.39, 0.29) is 11.9 Å². The number of carbonyl (C=O) groups excluding carboxylic acids is 1. The lowest BCUT2D eigenvalue weighted by Crippen LogP contribution is -2.37. The zero-order valence-electron chi connectivity index (χ0n) is 8.55. The maximum atomic E-state index is 11.4. The minimum Gasteiger partial charge on any atom is -0.383 e. The third-order valence-electron chi connectivity index (χ3n) is 1.99. The predicted molar refractivity (Wildman–Crippen MR) is 54.1 cm³/mol. The molecule has 78 valence electrons. The van der Waals surface area contributed by atoms with Gasteiger partial charge in [-0.2, -0.15) is 0 Å². The SMILES string of the molecule is COCC(C)N(C)C(=O)CCCCl. The maximum Gasteiger partial charge on any atom is 0.222 e. The molecule has 0 aliphatic heterocycles. The van der Waals surface area contributed by atoms with Crippen LogP contribution in [0.15, 0.2) is 0 Å². The third-order valence-corrected chi connectivity index (χ3v) is 2.25. The summed E-state index contributed by atoms with van der Waals surface area (Å²) in [5.41, 5.74) is 0. The van der Waals surface area contributed by atoms with Gasteiger partial charge in [-0.3, -0.25) is 4.79 Å². The summed E-state index contributed by atoms with van der Waals surface area (Å²) in [7, 11) is 3.42. The fraction of sp³-hybridized carbons (Fsp3) is 0.889. The van der Waals surface area contributed by atoms with Gasteiger partial charge in [-0.05, 0) is 13.3 Å². The van der Waals surface area contributed by atoms with E-state index < -0.39 is 0 Å². The number of ether oxygens (including phenoxy) is 1. The molecule has 0 bridgehead atoms. The van der Waals surface area contributed by atoms with Crippen molar-refractivity contribution in [1.29, 1.82) is 0 Å². The molecule has 0 aromatic carbocycles. The van der Waals surface area contributed by atoms with E-state index in [4.69, 9.17) is 16.3 Å². The number of carbonyl (C=O) groups is 1. The lowest BCUT2D eigenvalue weighted by Gasteiger charge is -2.24. The minimum atomic E-state index is 0.130. The van der Waals surface area contributed by atoms with Crippen LogP contribution in [0.4, 0.5) is 0 Å². The van der Waals surface area contributed by atoms with Crippen molar-refractivity contribution >= 4 is 17.5 Å². The summed E-state index contributed by atoms with van der Waals surface area (Å²) < 4.78 is 4.96. The zero-order chi connectivity index (χ0) is 10.3. The molecule has 0 saturated carbocycles. The quantitative estimate of drug-likeness (QED) is 0.618. The first kappa shape index (κ1) is 12.7. The standard InChI is InChI=1S/C9H18ClNO2/c1-8(7-13-3)11(2)9(12)5-4-6-10/h8H,4-7H2,1-3H3. The van der Waals surface area contributed by atoms with Gasteiger partial charge in [0, 0.05) is 26.5 Å². The summed E-state index contributed by atoms with van der Waals surface area (Å²) in [5, 5.41) is 0. The first-order valence-electron chi connectivity index (χ1n) is 4.44. The van der Waals surface area contributed by atoms with E-state index in [2.05, 4.69) is 0 Å². The van der Waals surface area contributed by atoms with Crippen molar-refractivity contribution in [3.05, 3.63) is 0 Å². The smallest absolute Gasteiger partial charge is 0.222 e. The molecule has 0 aromatic rings. The average Bonchev–Trinajstić information content (AvgIpc) is 2.13. The highest BCUT2D eigenvalue weighted by atomic mass is 35.5. The van der Waals surface area contributed by atoms with Gasteiger partial charge in [0.25, 0.3) is 0 Å². The Kier molecular flexibility index (Phi) is 7.00. The van der Waals surface area contributed by atoms with Gasteiger partial charge in [-0.1, -0.05) is 0 Å². The molecule has 0 N–H and O–H groups in total. The number of hydrogen-bond donors (Lipinski definition) is 0. The van der Waals surface area contributed by atoms with E-state index in [1.54, 1.807) is 19.1 Å². The van der Waals surface area contributed by atoms with Gasteiger partial charge in [-0.25, -0.2) is 0 Å². The third kappa shape index (κ3) is 5.11. The Balaban J connectivity index is 3.79. The number of nitrogens with zero attached hydrogens (tertiary/aromatic N) is 1. The Hall–Kier alpha value is -0.280. The van der Waals surface area contributed by atoms with Crippen LogP contribution in [0, 0.1) is 0 Å². The fourth-order valence-electron chi connectivity index (χ4n) is 0.993. The molecule has 1 amide bonds. The van der Waals surface area contributed by atoms with E-state index in [1.807, 2.05) is 6.92 Å². The molecule has 13 heavy (non-hydrogen) atoms. The van der Waals surface area contributed by atoms with Crippen molar-refractivity contribution in [2.24, 2.45) is 0 Å². The summed E-state index contributed by atoms with van der Waals surface area (Å²) in [5.74, 6) is 0.670. The van der Waals surface area contributed by atoms with Crippen LogP contribution in [0.3, 0.4) is 0 Å². The first-order valence-corrected chi connectivity index (χ1v) is 4.97. The van der Waals surface area contributed by atoms with Crippen LogP contribution in [0.25, 0.3) is 0 Å². The van der Waals surface area contributed by atoms with Crippen molar-refractivity contribution in [3.8, 4) is 0 Å². The van der Waals surface area contributed by atoms with Gasteiger partial charge in [-0.15, -0.1) is 11.6 Å². The summed E-state index contributed by atoms with van der Waals surface area (Å²) in [6.07, 6.45) is 1.26. The zero-order valence-corrected chi connectivity index (χ0v) is 9.30. The summed E-state index contributed by atoms with van der Waals surface area (Å²) >= 11 is 5.50. The van der Waals surface area contributed by atoms with Crippen LogP contribution in [0.1, 0.15) is 19.8 Å². The van der Waals surface area contributed by atoms with E-state index >= 15 is 0 Å². The maximum absolute atomic E-state index is 11.4. The van der Waals surface area contributed by atoms with Gasteiger partial charge in [0.15, 0.2) is 0 Å². The van der Waals surface area contributed by atoms with Crippen molar-refractivity contribution < 1.29 is 9.53 Å². The molecule has 0 saturated heterocycles. The van der Waals surface area contributed by atoms with E-state index in [0.717, 1.165) is 6.42 Å². The van der Waals surface area contributed by atoms with Crippen molar-refractivity contribution in [2.75, 3.05) is 26.6 Å². The largest absolute Gasteiger partial charge is 0.383 e. The van der Waals surface area contributed by atoms with Gasteiger partial charge >= 0.3 is 0 Å². The van der Waals surface area contributed by atoms with Gasteiger partial charge in [0.2, 0.25) is 5.91 Å². The monoisotopic (exact) mass is 207 g/mol. The molecule has 0 heterocycles. The van der Waals surface area contributed by atoms with Crippen LogP contribution in [0.5, 0.6) is 0 Å². The van der Waals surface area contributed by atoms with E-state index in [1.165, 1.54) is 0 Å². The van der Waals surface area contributed by atoms with Gasteiger partial charge in [0.05, 0.1) is 12.6 Å².